The lowest BCUT2D eigenvalue weighted by Gasteiger charge is -2.30. The molecule has 5 nitrogen and oxygen atoms in total. The van der Waals surface area contributed by atoms with Crippen LogP contribution in [0.5, 0.6) is 0 Å². The Hall–Kier alpha value is -0.810. The average Bonchev–Trinajstić information content (AvgIpc) is 2.97. The minimum absolute atomic E-state index is 0.0242. The van der Waals surface area contributed by atoms with Crippen LogP contribution in [0.3, 0.4) is 0 Å². The molecular weight excluding hydrogens is 272 g/mol. The zero-order chi connectivity index (χ0) is 13.8. The highest BCUT2D eigenvalue weighted by Gasteiger charge is 2.66. The fraction of sp³-hybridized carbons (Fsp3) is 0.846. The van der Waals surface area contributed by atoms with E-state index < -0.39 is 11.6 Å². The third kappa shape index (κ3) is 1.94. The van der Waals surface area contributed by atoms with Gasteiger partial charge < -0.3 is 14.2 Å². The molecule has 0 saturated carbocycles. The van der Waals surface area contributed by atoms with Crippen molar-refractivity contribution in [2.24, 2.45) is 17.8 Å². The summed E-state index contributed by atoms with van der Waals surface area (Å²) in [7, 11) is 0. The lowest BCUT2D eigenvalue weighted by Crippen LogP contribution is -2.41. The van der Waals surface area contributed by atoms with Gasteiger partial charge in [-0.2, -0.15) is 0 Å². The van der Waals surface area contributed by atoms with Gasteiger partial charge in [0.15, 0.2) is 0 Å². The van der Waals surface area contributed by atoms with E-state index in [4.69, 9.17) is 25.8 Å². The summed E-state index contributed by atoms with van der Waals surface area (Å²) in [6, 6.07) is 0. The molecule has 3 aliphatic rings. The van der Waals surface area contributed by atoms with Gasteiger partial charge in [0.2, 0.25) is 0 Å². The second-order valence-corrected chi connectivity index (χ2v) is 6.29. The molecule has 0 spiro atoms. The standard InChI is InChI=1S/C13H17ClO5/c1-13(2)10-7-3-6(5-17-8(15)4-14)11(18-7)9(10)12(16)19-13/h6-7,9-11H,3-5H2,1-2H3. The summed E-state index contributed by atoms with van der Waals surface area (Å²) < 4.78 is 16.4. The number of cyclic esters (lactones) is 1. The van der Waals surface area contributed by atoms with Crippen molar-refractivity contribution in [1.29, 1.82) is 0 Å². The maximum atomic E-state index is 12.0. The Kier molecular flexibility index (Phi) is 3.02. The zero-order valence-corrected chi connectivity index (χ0v) is 11.7. The number of halogens is 1. The number of rotatable bonds is 3. The summed E-state index contributed by atoms with van der Waals surface area (Å²) in [5, 5.41) is 0. The molecule has 19 heavy (non-hydrogen) atoms. The predicted octanol–water partition coefficient (Wildman–Crippen LogP) is 1.12. The maximum absolute atomic E-state index is 12.0. The van der Waals surface area contributed by atoms with Gasteiger partial charge in [-0.3, -0.25) is 9.59 Å². The van der Waals surface area contributed by atoms with E-state index in [2.05, 4.69) is 0 Å². The molecule has 3 aliphatic heterocycles. The molecule has 0 aromatic carbocycles. The van der Waals surface area contributed by atoms with Crippen LogP contribution in [0, 0.1) is 17.8 Å². The molecule has 0 aromatic heterocycles. The van der Waals surface area contributed by atoms with Crippen LogP contribution in [0.15, 0.2) is 0 Å². The molecule has 3 saturated heterocycles. The van der Waals surface area contributed by atoms with E-state index in [-0.39, 0.29) is 48.4 Å². The van der Waals surface area contributed by atoms with Crippen LogP contribution in [0.25, 0.3) is 0 Å². The Bertz CT molecular complexity index is 421. The fourth-order valence-corrected chi connectivity index (χ4v) is 3.88. The number of carbonyl (C=O) groups excluding carboxylic acids is 2. The molecule has 3 rings (SSSR count). The monoisotopic (exact) mass is 288 g/mol. The zero-order valence-electron chi connectivity index (χ0n) is 10.9. The SMILES string of the molecule is CC1(C)OC(=O)C2C3OC(CC3COC(=O)CCl)C21. The fourth-order valence-electron chi connectivity index (χ4n) is 3.80. The minimum atomic E-state index is -0.459. The molecule has 0 amide bonds. The van der Waals surface area contributed by atoms with E-state index in [0.717, 1.165) is 6.42 Å². The van der Waals surface area contributed by atoms with E-state index in [1.165, 1.54) is 0 Å². The summed E-state index contributed by atoms with van der Waals surface area (Å²) >= 11 is 5.39. The molecule has 0 aromatic rings. The molecule has 5 atom stereocenters. The second kappa shape index (κ2) is 4.35. The van der Waals surface area contributed by atoms with Crippen LogP contribution in [0.2, 0.25) is 0 Å². The van der Waals surface area contributed by atoms with Crippen LogP contribution in [0.4, 0.5) is 0 Å². The smallest absolute Gasteiger partial charge is 0.320 e. The van der Waals surface area contributed by atoms with Gasteiger partial charge in [-0.15, -0.1) is 11.6 Å². The van der Waals surface area contributed by atoms with E-state index >= 15 is 0 Å². The van der Waals surface area contributed by atoms with E-state index in [1.54, 1.807) is 0 Å². The molecular formula is C13H17ClO5. The Morgan fingerprint density at radius 1 is 1.53 bits per heavy atom. The molecule has 5 unspecified atom stereocenters. The van der Waals surface area contributed by atoms with Gasteiger partial charge >= 0.3 is 11.9 Å². The molecule has 0 N–H and O–H groups in total. The number of ether oxygens (including phenoxy) is 3. The number of carbonyl (C=O) groups is 2. The van der Waals surface area contributed by atoms with Crippen LogP contribution in [-0.4, -0.2) is 42.2 Å². The molecule has 3 heterocycles. The van der Waals surface area contributed by atoms with Crippen molar-refractivity contribution in [2.75, 3.05) is 12.5 Å². The van der Waals surface area contributed by atoms with Crippen LogP contribution in [0.1, 0.15) is 20.3 Å². The molecule has 0 radical (unpaired) electrons. The first-order valence-electron chi connectivity index (χ1n) is 6.54. The Labute approximate surface area is 116 Å². The number of fused-ring (bicyclic) bond motifs is 5. The van der Waals surface area contributed by atoms with Gasteiger partial charge in [0.1, 0.15) is 11.5 Å². The summed E-state index contributed by atoms with van der Waals surface area (Å²) in [6.07, 6.45) is 0.644. The van der Waals surface area contributed by atoms with Crippen molar-refractivity contribution in [3.05, 3.63) is 0 Å². The van der Waals surface area contributed by atoms with Gasteiger partial charge in [-0.05, 0) is 20.3 Å². The summed E-state index contributed by atoms with van der Waals surface area (Å²) in [5.41, 5.74) is -0.459. The van der Waals surface area contributed by atoms with Crippen molar-refractivity contribution < 1.29 is 23.8 Å². The largest absolute Gasteiger partial charge is 0.464 e. The van der Waals surface area contributed by atoms with Crippen LogP contribution < -0.4 is 0 Å². The van der Waals surface area contributed by atoms with Crippen LogP contribution in [-0.2, 0) is 23.8 Å². The van der Waals surface area contributed by atoms with E-state index in [0.29, 0.717) is 0 Å². The van der Waals surface area contributed by atoms with Gasteiger partial charge in [0.05, 0.1) is 24.7 Å². The topological polar surface area (TPSA) is 61.8 Å². The van der Waals surface area contributed by atoms with Crippen LogP contribution >= 0.6 is 11.6 Å². The molecule has 2 bridgehead atoms. The van der Waals surface area contributed by atoms with Crippen molar-refractivity contribution >= 4 is 23.5 Å². The number of hydrogen-bond donors (Lipinski definition) is 0. The van der Waals surface area contributed by atoms with Gasteiger partial charge in [-0.1, -0.05) is 0 Å². The summed E-state index contributed by atoms with van der Waals surface area (Å²) in [5.74, 6) is -0.799. The highest BCUT2D eigenvalue weighted by atomic mass is 35.5. The van der Waals surface area contributed by atoms with Crippen molar-refractivity contribution in [3.63, 3.8) is 0 Å². The Morgan fingerprint density at radius 2 is 2.26 bits per heavy atom. The first kappa shape index (κ1) is 13.2. The molecule has 106 valence electrons. The highest BCUT2D eigenvalue weighted by Crippen LogP contribution is 2.55. The van der Waals surface area contributed by atoms with Crippen molar-refractivity contribution in [2.45, 2.75) is 38.1 Å². The maximum Gasteiger partial charge on any atom is 0.320 e. The van der Waals surface area contributed by atoms with E-state index in [9.17, 15) is 9.59 Å². The Balaban J connectivity index is 1.70. The van der Waals surface area contributed by atoms with Crippen molar-refractivity contribution in [1.82, 2.24) is 0 Å². The van der Waals surface area contributed by atoms with Gasteiger partial charge in [-0.25, -0.2) is 0 Å². The normalized spacial score (nSPS) is 42.1. The van der Waals surface area contributed by atoms with E-state index in [1.807, 2.05) is 13.8 Å². The number of hydrogen-bond acceptors (Lipinski definition) is 5. The quantitative estimate of drug-likeness (QED) is 0.575. The molecule has 6 heteroatoms. The molecule has 0 aliphatic carbocycles. The number of alkyl halides is 1. The van der Waals surface area contributed by atoms with Gasteiger partial charge in [0, 0.05) is 11.8 Å². The lowest BCUT2D eigenvalue weighted by atomic mass is 9.70. The predicted molar refractivity (Wildman–Crippen MR) is 65.6 cm³/mol. The second-order valence-electron chi connectivity index (χ2n) is 6.03. The summed E-state index contributed by atoms with van der Waals surface area (Å²) in [4.78, 5) is 23.1. The minimum Gasteiger partial charge on any atom is -0.464 e. The summed E-state index contributed by atoms with van der Waals surface area (Å²) in [6.45, 7) is 4.13. The first-order valence-corrected chi connectivity index (χ1v) is 7.07. The third-order valence-electron chi connectivity index (χ3n) is 4.48. The first-order chi connectivity index (χ1) is 8.94. The lowest BCUT2D eigenvalue weighted by molar-refractivity contribution is -0.153. The average molecular weight is 289 g/mol. The third-order valence-corrected chi connectivity index (χ3v) is 4.70. The highest BCUT2D eigenvalue weighted by molar-refractivity contribution is 6.26. The Morgan fingerprint density at radius 3 is 2.95 bits per heavy atom. The number of esters is 2. The van der Waals surface area contributed by atoms with Gasteiger partial charge in [0.25, 0.3) is 0 Å². The van der Waals surface area contributed by atoms with Crippen molar-refractivity contribution in [3.8, 4) is 0 Å². The molecule has 3 fully saturated rings.